The van der Waals surface area contributed by atoms with Crippen LogP contribution >= 0.6 is 15.9 Å². The summed E-state index contributed by atoms with van der Waals surface area (Å²) in [5.41, 5.74) is 3.49. The second-order valence-corrected chi connectivity index (χ2v) is 8.40. The average Bonchev–Trinajstić information content (AvgIpc) is 2.83. The molecule has 0 unspecified atom stereocenters. The Balaban J connectivity index is 2.03. The van der Waals surface area contributed by atoms with Gasteiger partial charge in [0.05, 0.1) is 17.1 Å². The van der Waals surface area contributed by atoms with Crippen molar-refractivity contribution in [2.24, 2.45) is 0 Å². The maximum Gasteiger partial charge on any atom is 0.265 e. The Morgan fingerprint density at radius 3 is 2.36 bits per heavy atom. The molecule has 0 aliphatic carbocycles. The summed E-state index contributed by atoms with van der Waals surface area (Å²) in [5, 5.41) is 4.42. The number of anilines is 1. The molecule has 25 heavy (non-hydrogen) atoms. The van der Waals surface area contributed by atoms with Crippen molar-refractivity contribution in [1.29, 1.82) is 0 Å². The van der Waals surface area contributed by atoms with E-state index in [0.717, 1.165) is 15.7 Å². The summed E-state index contributed by atoms with van der Waals surface area (Å²) in [7, 11) is -3.74. The molecule has 0 radical (unpaired) electrons. The fraction of sp³-hybridized carbons (Fsp3) is 0.167. The van der Waals surface area contributed by atoms with Gasteiger partial charge in [0, 0.05) is 10.2 Å². The summed E-state index contributed by atoms with van der Waals surface area (Å²) in [5.74, 6) is 0. The first kappa shape index (κ1) is 17.7. The average molecular weight is 420 g/mol. The van der Waals surface area contributed by atoms with Crippen LogP contribution in [0.2, 0.25) is 0 Å². The normalized spacial score (nSPS) is 11.5. The summed E-state index contributed by atoms with van der Waals surface area (Å²) in [4.78, 5) is 0.202. The largest absolute Gasteiger partial charge is 0.279 e. The molecule has 2 aromatic carbocycles. The number of hydrogen-bond acceptors (Lipinski definition) is 3. The van der Waals surface area contributed by atoms with Crippen molar-refractivity contribution in [1.82, 2.24) is 9.78 Å². The number of rotatable bonds is 4. The Hall–Kier alpha value is -2.12. The molecule has 0 saturated heterocycles. The van der Waals surface area contributed by atoms with Crippen LogP contribution in [0.4, 0.5) is 5.69 Å². The summed E-state index contributed by atoms with van der Waals surface area (Å²) >= 11 is 3.34. The molecular formula is C18H18BrN3O2S. The van der Waals surface area contributed by atoms with E-state index in [0.29, 0.717) is 17.1 Å². The lowest BCUT2D eigenvalue weighted by Gasteiger charge is -2.09. The minimum atomic E-state index is -3.74. The lowest BCUT2D eigenvalue weighted by Crippen LogP contribution is -2.15. The molecule has 0 aliphatic heterocycles. The SMILES string of the molecule is Cc1ccc(-n2nc(C)c(S(=O)(=O)Nc3cccc(Br)c3)c2C)cc1. The van der Waals surface area contributed by atoms with Crippen LogP contribution in [0.25, 0.3) is 5.69 Å². The lowest BCUT2D eigenvalue weighted by atomic mass is 10.2. The van der Waals surface area contributed by atoms with Crippen molar-refractivity contribution in [3.63, 3.8) is 0 Å². The topological polar surface area (TPSA) is 64.0 Å². The molecular weight excluding hydrogens is 402 g/mol. The number of halogens is 1. The highest BCUT2D eigenvalue weighted by molar-refractivity contribution is 9.10. The molecule has 0 saturated carbocycles. The van der Waals surface area contributed by atoms with Crippen LogP contribution in [0.5, 0.6) is 0 Å². The Kier molecular flexibility index (Phi) is 4.71. The van der Waals surface area contributed by atoms with Crippen molar-refractivity contribution < 1.29 is 8.42 Å². The Bertz CT molecular complexity index is 1020. The van der Waals surface area contributed by atoms with Gasteiger partial charge in [0.25, 0.3) is 10.0 Å². The van der Waals surface area contributed by atoms with E-state index in [1.54, 1.807) is 36.7 Å². The van der Waals surface area contributed by atoms with Gasteiger partial charge in [-0.25, -0.2) is 13.1 Å². The first-order chi connectivity index (χ1) is 11.8. The van der Waals surface area contributed by atoms with Crippen molar-refractivity contribution in [2.45, 2.75) is 25.7 Å². The van der Waals surface area contributed by atoms with Crippen LogP contribution in [-0.4, -0.2) is 18.2 Å². The summed E-state index contributed by atoms with van der Waals surface area (Å²) < 4.78 is 30.8. The van der Waals surface area contributed by atoms with E-state index in [2.05, 4.69) is 25.8 Å². The van der Waals surface area contributed by atoms with E-state index in [9.17, 15) is 8.42 Å². The monoisotopic (exact) mass is 419 g/mol. The number of nitrogens with one attached hydrogen (secondary N) is 1. The third-order valence-corrected chi connectivity index (χ3v) is 5.97. The van der Waals surface area contributed by atoms with Crippen LogP contribution in [0.3, 0.4) is 0 Å². The first-order valence-electron chi connectivity index (χ1n) is 7.69. The van der Waals surface area contributed by atoms with Gasteiger partial charge in [-0.2, -0.15) is 5.10 Å². The number of benzene rings is 2. The number of nitrogens with zero attached hydrogens (tertiary/aromatic N) is 2. The van der Waals surface area contributed by atoms with Gasteiger partial charge in [-0.15, -0.1) is 0 Å². The minimum absolute atomic E-state index is 0.202. The first-order valence-corrected chi connectivity index (χ1v) is 9.97. The number of aryl methyl sites for hydroxylation is 2. The van der Waals surface area contributed by atoms with E-state index >= 15 is 0 Å². The molecule has 0 spiro atoms. The molecule has 5 nitrogen and oxygen atoms in total. The predicted octanol–water partition coefficient (Wildman–Crippen LogP) is 4.36. The van der Waals surface area contributed by atoms with E-state index in [-0.39, 0.29) is 4.90 Å². The standard InChI is InChI=1S/C18H18BrN3O2S/c1-12-7-9-17(10-8-12)22-14(3)18(13(2)20-22)25(23,24)21-16-6-4-5-15(19)11-16/h4-11,21H,1-3H3. The van der Waals surface area contributed by atoms with Crippen LogP contribution in [-0.2, 0) is 10.0 Å². The van der Waals surface area contributed by atoms with Crippen molar-refractivity contribution in [3.8, 4) is 5.69 Å². The molecule has 0 aliphatic rings. The lowest BCUT2D eigenvalue weighted by molar-refractivity contribution is 0.600. The fourth-order valence-electron chi connectivity index (χ4n) is 2.71. The van der Waals surface area contributed by atoms with Crippen LogP contribution in [0, 0.1) is 20.8 Å². The fourth-order valence-corrected chi connectivity index (χ4v) is 4.56. The van der Waals surface area contributed by atoms with Gasteiger partial charge in [-0.1, -0.05) is 39.7 Å². The zero-order valence-corrected chi connectivity index (χ0v) is 16.5. The highest BCUT2D eigenvalue weighted by Gasteiger charge is 2.25. The van der Waals surface area contributed by atoms with E-state index in [1.165, 1.54) is 0 Å². The van der Waals surface area contributed by atoms with E-state index in [1.807, 2.05) is 37.3 Å². The second kappa shape index (κ2) is 6.65. The number of hydrogen-bond donors (Lipinski definition) is 1. The zero-order chi connectivity index (χ0) is 18.2. The van der Waals surface area contributed by atoms with Crippen LogP contribution in [0.15, 0.2) is 57.9 Å². The molecule has 3 aromatic rings. The number of aromatic nitrogens is 2. The number of sulfonamides is 1. The molecule has 1 N–H and O–H groups in total. The molecule has 0 fully saturated rings. The molecule has 130 valence electrons. The van der Waals surface area contributed by atoms with Gasteiger partial charge in [-0.05, 0) is 51.1 Å². The predicted molar refractivity (Wildman–Crippen MR) is 103 cm³/mol. The minimum Gasteiger partial charge on any atom is -0.279 e. The zero-order valence-electron chi connectivity index (χ0n) is 14.1. The molecule has 3 rings (SSSR count). The highest BCUT2D eigenvalue weighted by Crippen LogP contribution is 2.26. The Labute approximate surface area is 155 Å². The smallest absolute Gasteiger partial charge is 0.265 e. The van der Waals surface area contributed by atoms with Crippen LogP contribution in [0.1, 0.15) is 17.0 Å². The maximum absolute atomic E-state index is 12.9. The molecule has 1 heterocycles. The Morgan fingerprint density at radius 1 is 1.04 bits per heavy atom. The third-order valence-electron chi connectivity index (χ3n) is 3.85. The van der Waals surface area contributed by atoms with Crippen molar-refractivity contribution >= 4 is 31.6 Å². The van der Waals surface area contributed by atoms with Gasteiger partial charge in [0.2, 0.25) is 0 Å². The van der Waals surface area contributed by atoms with Crippen LogP contribution < -0.4 is 4.72 Å². The summed E-state index contributed by atoms with van der Waals surface area (Å²) in [6.45, 7) is 5.46. The van der Waals surface area contributed by atoms with Gasteiger partial charge < -0.3 is 0 Å². The summed E-state index contributed by atoms with van der Waals surface area (Å²) in [6, 6.07) is 14.8. The quantitative estimate of drug-likeness (QED) is 0.682. The van der Waals surface area contributed by atoms with E-state index in [4.69, 9.17) is 0 Å². The maximum atomic E-state index is 12.9. The molecule has 1 aromatic heterocycles. The van der Waals surface area contributed by atoms with Gasteiger partial charge in [0.1, 0.15) is 4.90 Å². The molecule has 0 amide bonds. The Morgan fingerprint density at radius 2 is 1.72 bits per heavy atom. The van der Waals surface area contributed by atoms with E-state index < -0.39 is 10.0 Å². The van der Waals surface area contributed by atoms with Crippen molar-refractivity contribution in [3.05, 3.63) is 70.0 Å². The summed E-state index contributed by atoms with van der Waals surface area (Å²) in [6.07, 6.45) is 0. The third kappa shape index (κ3) is 3.62. The molecule has 0 bridgehead atoms. The van der Waals surface area contributed by atoms with Gasteiger partial charge in [0.15, 0.2) is 0 Å². The highest BCUT2D eigenvalue weighted by atomic mass is 79.9. The van der Waals surface area contributed by atoms with Crippen molar-refractivity contribution in [2.75, 3.05) is 4.72 Å². The van der Waals surface area contributed by atoms with Gasteiger partial charge >= 0.3 is 0 Å². The second-order valence-electron chi connectivity index (χ2n) is 5.86. The van der Waals surface area contributed by atoms with Gasteiger partial charge in [-0.3, -0.25) is 4.72 Å². The molecule has 7 heteroatoms. The molecule has 0 atom stereocenters.